The van der Waals surface area contributed by atoms with Crippen molar-refractivity contribution in [3.8, 4) is 0 Å². The van der Waals surface area contributed by atoms with Crippen LogP contribution in [-0.4, -0.2) is 26.2 Å². The lowest BCUT2D eigenvalue weighted by Gasteiger charge is -2.30. The summed E-state index contributed by atoms with van der Waals surface area (Å²) in [5, 5.41) is 6.71. The van der Waals surface area contributed by atoms with Crippen molar-refractivity contribution in [3.63, 3.8) is 0 Å². The predicted octanol–water partition coefficient (Wildman–Crippen LogP) is 2.53. The molecule has 0 atom stereocenters. The Hall–Kier alpha value is -1.91. The molecule has 1 aliphatic heterocycles. The standard InChI is InChI=1S/C18H22FN3/c19-17-7-6-16(12-18(17)22-10-8-20-9-11-22)14-21-13-15-4-2-1-3-5-15/h1-7,12,20-21H,8-11,13-14H2. The van der Waals surface area contributed by atoms with E-state index in [1.54, 1.807) is 6.07 Å². The summed E-state index contributed by atoms with van der Waals surface area (Å²) in [5.74, 6) is -0.131. The van der Waals surface area contributed by atoms with Gasteiger partial charge in [0.2, 0.25) is 0 Å². The average Bonchev–Trinajstić information content (AvgIpc) is 2.58. The molecular formula is C18H22FN3. The third-order valence-electron chi connectivity index (χ3n) is 3.97. The Labute approximate surface area is 131 Å². The summed E-state index contributed by atoms with van der Waals surface area (Å²) in [4.78, 5) is 2.12. The minimum atomic E-state index is -0.131. The zero-order valence-corrected chi connectivity index (χ0v) is 12.7. The maximum absolute atomic E-state index is 14.1. The molecule has 3 nitrogen and oxygen atoms in total. The molecule has 0 aliphatic carbocycles. The Balaban J connectivity index is 1.61. The Bertz CT molecular complexity index is 595. The summed E-state index contributed by atoms with van der Waals surface area (Å²) in [7, 11) is 0. The summed E-state index contributed by atoms with van der Waals surface area (Å²) in [6, 6.07) is 15.7. The van der Waals surface area contributed by atoms with Crippen LogP contribution in [0.1, 0.15) is 11.1 Å². The SMILES string of the molecule is Fc1ccc(CNCc2ccccc2)cc1N1CCNCC1. The van der Waals surface area contributed by atoms with E-state index >= 15 is 0 Å². The van der Waals surface area contributed by atoms with Crippen molar-refractivity contribution in [2.75, 3.05) is 31.1 Å². The molecule has 0 unspecified atom stereocenters. The van der Waals surface area contributed by atoms with Gasteiger partial charge >= 0.3 is 0 Å². The van der Waals surface area contributed by atoms with Crippen LogP contribution in [0.4, 0.5) is 10.1 Å². The second kappa shape index (κ2) is 7.38. The molecular weight excluding hydrogens is 277 g/mol. The van der Waals surface area contributed by atoms with Gasteiger partial charge in [0.15, 0.2) is 0 Å². The predicted molar refractivity (Wildman–Crippen MR) is 88.5 cm³/mol. The van der Waals surface area contributed by atoms with Crippen LogP contribution in [-0.2, 0) is 13.1 Å². The van der Waals surface area contributed by atoms with Crippen molar-refractivity contribution in [1.29, 1.82) is 0 Å². The van der Waals surface area contributed by atoms with E-state index in [2.05, 4.69) is 27.7 Å². The molecule has 0 radical (unpaired) electrons. The number of rotatable bonds is 5. The Morgan fingerprint density at radius 3 is 2.45 bits per heavy atom. The maximum atomic E-state index is 14.1. The molecule has 3 rings (SSSR count). The van der Waals surface area contributed by atoms with E-state index in [1.165, 1.54) is 5.56 Å². The van der Waals surface area contributed by atoms with E-state index in [9.17, 15) is 4.39 Å². The third kappa shape index (κ3) is 3.84. The molecule has 22 heavy (non-hydrogen) atoms. The van der Waals surface area contributed by atoms with Gasteiger partial charge in [-0.05, 0) is 23.3 Å². The highest BCUT2D eigenvalue weighted by Gasteiger charge is 2.14. The van der Waals surface area contributed by atoms with Crippen LogP contribution in [0.2, 0.25) is 0 Å². The molecule has 2 aromatic rings. The van der Waals surface area contributed by atoms with Gasteiger partial charge in [0.05, 0.1) is 5.69 Å². The summed E-state index contributed by atoms with van der Waals surface area (Å²) in [6.07, 6.45) is 0. The van der Waals surface area contributed by atoms with E-state index in [4.69, 9.17) is 0 Å². The van der Waals surface area contributed by atoms with Crippen molar-refractivity contribution in [2.45, 2.75) is 13.1 Å². The van der Waals surface area contributed by atoms with Gasteiger partial charge in [-0.3, -0.25) is 0 Å². The lowest BCUT2D eigenvalue weighted by molar-refractivity contribution is 0.565. The molecule has 1 saturated heterocycles. The first-order valence-corrected chi connectivity index (χ1v) is 7.82. The third-order valence-corrected chi connectivity index (χ3v) is 3.97. The monoisotopic (exact) mass is 299 g/mol. The first-order chi connectivity index (χ1) is 10.8. The minimum absolute atomic E-state index is 0.131. The zero-order valence-electron chi connectivity index (χ0n) is 12.7. The molecule has 0 saturated carbocycles. The number of hydrogen-bond acceptors (Lipinski definition) is 3. The molecule has 0 aromatic heterocycles. The molecule has 4 heteroatoms. The second-order valence-electron chi connectivity index (χ2n) is 5.61. The zero-order chi connectivity index (χ0) is 15.2. The topological polar surface area (TPSA) is 27.3 Å². The quantitative estimate of drug-likeness (QED) is 0.888. The van der Waals surface area contributed by atoms with Gasteiger partial charge in [0.25, 0.3) is 0 Å². The fraction of sp³-hybridized carbons (Fsp3) is 0.333. The van der Waals surface area contributed by atoms with E-state index in [0.29, 0.717) is 0 Å². The highest BCUT2D eigenvalue weighted by Crippen LogP contribution is 2.21. The van der Waals surface area contributed by atoms with Crippen LogP contribution in [0, 0.1) is 5.82 Å². The number of nitrogens with one attached hydrogen (secondary N) is 2. The average molecular weight is 299 g/mol. The summed E-state index contributed by atoms with van der Waals surface area (Å²) in [5.41, 5.74) is 3.10. The fourth-order valence-corrected chi connectivity index (χ4v) is 2.76. The first-order valence-electron chi connectivity index (χ1n) is 7.82. The Morgan fingerprint density at radius 2 is 1.68 bits per heavy atom. The van der Waals surface area contributed by atoms with Crippen molar-refractivity contribution >= 4 is 5.69 Å². The van der Waals surface area contributed by atoms with Crippen LogP contribution < -0.4 is 15.5 Å². The highest BCUT2D eigenvalue weighted by molar-refractivity contribution is 5.50. The number of benzene rings is 2. The molecule has 1 heterocycles. The molecule has 1 aliphatic rings. The van der Waals surface area contributed by atoms with E-state index in [0.717, 1.165) is 50.5 Å². The smallest absolute Gasteiger partial charge is 0.146 e. The van der Waals surface area contributed by atoms with Gasteiger partial charge in [-0.25, -0.2) is 4.39 Å². The van der Waals surface area contributed by atoms with Gasteiger partial charge in [0.1, 0.15) is 5.82 Å². The van der Waals surface area contributed by atoms with Crippen LogP contribution in [0.5, 0.6) is 0 Å². The summed E-state index contributed by atoms with van der Waals surface area (Å²) >= 11 is 0. The molecule has 0 bridgehead atoms. The molecule has 0 amide bonds. The molecule has 1 fully saturated rings. The lowest BCUT2D eigenvalue weighted by atomic mass is 10.1. The number of anilines is 1. The number of nitrogens with zero attached hydrogens (tertiary/aromatic N) is 1. The maximum Gasteiger partial charge on any atom is 0.146 e. The van der Waals surface area contributed by atoms with Crippen molar-refractivity contribution in [3.05, 3.63) is 65.5 Å². The van der Waals surface area contributed by atoms with Crippen LogP contribution in [0.25, 0.3) is 0 Å². The lowest BCUT2D eigenvalue weighted by Crippen LogP contribution is -2.43. The summed E-state index contributed by atoms with van der Waals surface area (Å²) in [6.45, 7) is 5.11. The minimum Gasteiger partial charge on any atom is -0.367 e. The summed E-state index contributed by atoms with van der Waals surface area (Å²) < 4.78 is 14.1. The van der Waals surface area contributed by atoms with E-state index in [1.807, 2.05) is 30.3 Å². The van der Waals surface area contributed by atoms with Crippen molar-refractivity contribution in [2.24, 2.45) is 0 Å². The van der Waals surface area contributed by atoms with E-state index < -0.39 is 0 Å². The van der Waals surface area contributed by atoms with Gasteiger partial charge in [0, 0.05) is 39.3 Å². The Morgan fingerprint density at radius 1 is 0.955 bits per heavy atom. The van der Waals surface area contributed by atoms with Gasteiger partial charge < -0.3 is 15.5 Å². The first kappa shape index (κ1) is 15.0. The fourth-order valence-electron chi connectivity index (χ4n) is 2.76. The van der Waals surface area contributed by atoms with Crippen LogP contribution in [0.3, 0.4) is 0 Å². The molecule has 0 spiro atoms. The van der Waals surface area contributed by atoms with Crippen molar-refractivity contribution in [1.82, 2.24) is 10.6 Å². The highest BCUT2D eigenvalue weighted by atomic mass is 19.1. The van der Waals surface area contributed by atoms with E-state index in [-0.39, 0.29) is 5.82 Å². The van der Waals surface area contributed by atoms with Crippen LogP contribution >= 0.6 is 0 Å². The normalized spacial score (nSPS) is 15.0. The number of halogens is 1. The van der Waals surface area contributed by atoms with Gasteiger partial charge in [-0.1, -0.05) is 36.4 Å². The number of piperazine rings is 1. The molecule has 116 valence electrons. The van der Waals surface area contributed by atoms with Gasteiger partial charge in [-0.2, -0.15) is 0 Å². The van der Waals surface area contributed by atoms with Gasteiger partial charge in [-0.15, -0.1) is 0 Å². The molecule has 2 N–H and O–H groups in total. The Kier molecular flexibility index (Phi) is 5.03. The van der Waals surface area contributed by atoms with Crippen molar-refractivity contribution < 1.29 is 4.39 Å². The second-order valence-corrected chi connectivity index (χ2v) is 5.61. The van der Waals surface area contributed by atoms with Crippen LogP contribution in [0.15, 0.2) is 48.5 Å². The largest absolute Gasteiger partial charge is 0.367 e. The number of hydrogen-bond donors (Lipinski definition) is 2. The molecule has 2 aromatic carbocycles.